The normalized spacial score (nSPS) is 22.1. The van der Waals surface area contributed by atoms with E-state index >= 15 is 0 Å². The number of para-hydroxylation sites is 1. The summed E-state index contributed by atoms with van der Waals surface area (Å²) in [5.41, 5.74) is -2.03. The Bertz CT molecular complexity index is 2130. The fourth-order valence-electron chi connectivity index (χ4n) is 8.87. The summed E-state index contributed by atoms with van der Waals surface area (Å²) in [4.78, 5) is 76.1. The van der Waals surface area contributed by atoms with Crippen LogP contribution in [0.25, 0.3) is 0 Å². The Hall–Kier alpha value is -4.95. The van der Waals surface area contributed by atoms with E-state index in [0.717, 1.165) is 24.2 Å². The van der Waals surface area contributed by atoms with Gasteiger partial charge in [-0.1, -0.05) is 31.1 Å². The van der Waals surface area contributed by atoms with E-state index in [9.17, 15) is 24.0 Å². The number of benzene rings is 1. The minimum absolute atomic E-state index is 0.0652. The Kier molecular flexibility index (Phi) is 16.2. The zero-order valence-corrected chi connectivity index (χ0v) is 41.7. The number of carbonyl (C=O) groups excluding carboxylic acids is 5. The number of aromatic nitrogens is 1. The number of rotatable bonds is 17. The molecular formula is C46H69BN6O12S. The maximum Gasteiger partial charge on any atom is 0.482 e. The highest BCUT2D eigenvalue weighted by Gasteiger charge is 2.68. The number of oxime groups is 1. The SMILES string of the molecule is CO/N=C(\C(=O)N[C@@H](Cc1cccc(C(=O)OC(C)(C)C)c1OC)B1OC2CC3CC(C3(C)C)C2(C)O1)c1csc(NC(=O)[C@H](CCCCNC(=O)OC(C)(C)C)NC(=O)OC(C)(C)C)n1. The highest BCUT2D eigenvalue weighted by atomic mass is 32.1. The average molecular weight is 941 g/mol. The second-order valence-electron chi connectivity index (χ2n) is 20.9. The predicted molar refractivity (Wildman–Crippen MR) is 249 cm³/mol. The second kappa shape index (κ2) is 20.5. The largest absolute Gasteiger partial charge is 0.496 e. The van der Waals surface area contributed by atoms with Gasteiger partial charge < -0.3 is 54.4 Å². The van der Waals surface area contributed by atoms with E-state index in [4.69, 9.17) is 33.1 Å². The Balaban J connectivity index is 1.35. The molecule has 20 heteroatoms. The van der Waals surface area contributed by atoms with Crippen LogP contribution < -0.4 is 26.0 Å². The highest BCUT2D eigenvalue weighted by molar-refractivity contribution is 7.14. The first-order valence-corrected chi connectivity index (χ1v) is 23.4. The summed E-state index contributed by atoms with van der Waals surface area (Å²) in [6, 6.07) is 4.12. The lowest BCUT2D eigenvalue weighted by Crippen LogP contribution is -2.65. The quantitative estimate of drug-likeness (QED) is 0.0314. The Labute approximate surface area is 392 Å². The molecular weight excluding hydrogens is 871 g/mol. The van der Waals surface area contributed by atoms with Crippen LogP contribution in [0.4, 0.5) is 14.7 Å². The van der Waals surface area contributed by atoms with Crippen LogP contribution in [0.1, 0.15) is 137 Å². The maximum absolute atomic E-state index is 14.4. The molecule has 3 saturated carbocycles. The molecule has 0 spiro atoms. The van der Waals surface area contributed by atoms with Crippen molar-refractivity contribution >= 4 is 59.3 Å². The molecule has 2 aromatic rings. The molecule has 1 aliphatic heterocycles. The van der Waals surface area contributed by atoms with Gasteiger partial charge in [0.05, 0.1) is 24.8 Å². The van der Waals surface area contributed by atoms with Gasteiger partial charge >= 0.3 is 25.3 Å². The fourth-order valence-corrected chi connectivity index (χ4v) is 9.56. The molecule has 4 N–H and O–H groups in total. The summed E-state index contributed by atoms with van der Waals surface area (Å²) >= 11 is 1.04. The van der Waals surface area contributed by atoms with Crippen LogP contribution in [0.5, 0.6) is 5.75 Å². The number of alkyl carbamates (subject to hydrolysis) is 2. The van der Waals surface area contributed by atoms with Crippen molar-refractivity contribution in [2.24, 2.45) is 22.4 Å². The number of hydrogen-bond donors (Lipinski definition) is 4. The number of nitrogens with zero attached hydrogens (tertiary/aromatic N) is 2. The van der Waals surface area contributed by atoms with E-state index in [-0.39, 0.29) is 52.4 Å². The summed E-state index contributed by atoms with van der Waals surface area (Å²) < 4.78 is 35.8. The first-order valence-electron chi connectivity index (χ1n) is 22.5. The Morgan fingerprint density at radius 2 is 1.58 bits per heavy atom. The molecule has 4 aliphatic rings. The molecule has 1 aromatic heterocycles. The van der Waals surface area contributed by atoms with Crippen LogP contribution in [0.2, 0.25) is 0 Å². The lowest BCUT2D eigenvalue weighted by molar-refractivity contribution is -0.199. The van der Waals surface area contributed by atoms with Gasteiger partial charge in [0, 0.05) is 11.9 Å². The third kappa shape index (κ3) is 13.1. The number of thiazole rings is 1. The lowest BCUT2D eigenvalue weighted by atomic mass is 9.43. The lowest BCUT2D eigenvalue weighted by Gasteiger charge is -2.64. The molecule has 6 atom stereocenters. The Morgan fingerprint density at radius 1 is 0.909 bits per heavy atom. The number of unbranched alkanes of at least 4 members (excludes halogenated alkanes) is 1. The van der Waals surface area contributed by atoms with E-state index in [0.29, 0.717) is 36.6 Å². The van der Waals surface area contributed by atoms with Gasteiger partial charge in [-0.25, -0.2) is 19.4 Å². The number of amides is 4. The zero-order chi connectivity index (χ0) is 49.0. The minimum Gasteiger partial charge on any atom is -0.496 e. The molecule has 4 amide bonds. The van der Waals surface area contributed by atoms with Gasteiger partial charge in [0.2, 0.25) is 5.91 Å². The van der Waals surface area contributed by atoms with Crippen LogP contribution in [0.3, 0.4) is 0 Å². The van der Waals surface area contributed by atoms with E-state index in [1.807, 2.05) is 0 Å². The maximum atomic E-state index is 14.4. The summed E-state index contributed by atoms with van der Waals surface area (Å²) in [6.07, 6.45) is 1.57. The van der Waals surface area contributed by atoms with Gasteiger partial charge in [-0.3, -0.25) is 9.59 Å². The van der Waals surface area contributed by atoms with Crippen molar-refractivity contribution in [1.82, 2.24) is 20.9 Å². The predicted octanol–water partition coefficient (Wildman–Crippen LogP) is 6.98. The van der Waals surface area contributed by atoms with Gasteiger partial charge in [0.25, 0.3) is 5.91 Å². The summed E-state index contributed by atoms with van der Waals surface area (Å²) in [7, 11) is 1.87. The fraction of sp³-hybridized carbons (Fsp3) is 0.674. The topological polar surface area (TPSA) is 223 Å². The van der Waals surface area contributed by atoms with E-state index in [2.05, 4.69) is 52.2 Å². The number of methoxy groups -OCH3 is 1. The third-order valence-corrected chi connectivity index (χ3v) is 12.7. The van der Waals surface area contributed by atoms with Crippen molar-refractivity contribution in [3.8, 4) is 5.75 Å². The van der Waals surface area contributed by atoms with Gasteiger partial charge in [-0.05, 0) is 137 Å². The first kappa shape index (κ1) is 52.0. The van der Waals surface area contributed by atoms with Gasteiger partial charge in [-0.2, -0.15) is 0 Å². The molecule has 4 fully saturated rings. The number of anilines is 1. The number of nitrogens with one attached hydrogen (secondary N) is 4. The average Bonchev–Trinajstić information content (AvgIpc) is 3.80. The molecule has 18 nitrogen and oxygen atoms in total. The Morgan fingerprint density at radius 3 is 2.20 bits per heavy atom. The number of esters is 1. The van der Waals surface area contributed by atoms with Crippen LogP contribution in [0.15, 0.2) is 28.7 Å². The van der Waals surface area contributed by atoms with Gasteiger partial charge in [-0.15, -0.1) is 11.3 Å². The van der Waals surface area contributed by atoms with Crippen molar-refractivity contribution in [2.75, 3.05) is 26.1 Å². The molecule has 1 saturated heterocycles. The van der Waals surface area contributed by atoms with E-state index < -0.39 is 71.5 Å². The molecule has 2 heterocycles. The van der Waals surface area contributed by atoms with Crippen molar-refractivity contribution in [3.63, 3.8) is 0 Å². The van der Waals surface area contributed by atoms with Crippen molar-refractivity contribution in [2.45, 2.75) is 162 Å². The molecule has 3 aliphatic carbocycles. The molecule has 364 valence electrons. The second-order valence-corrected chi connectivity index (χ2v) is 21.8. The van der Waals surface area contributed by atoms with Crippen molar-refractivity contribution in [1.29, 1.82) is 0 Å². The first-order chi connectivity index (χ1) is 30.6. The molecule has 2 bridgehead atoms. The molecule has 66 heavy (non-hydrogen) atoms. The molecule has 1 aromatic carbocycles. The van der Waals surface area contributed by atoms with Gasteiger partial charge in [0.15, 0.2) is 10.8 Å². The van der Waals surface area contributed by atoms with E-state index in [1.54, 1.807) is 85.9 Å². The molecule has 6 rings (SSSR count). The highest BCUT2D eigenvalue weighted by Crippen LogP contribution is 2.65. The third-order valence-electron chi connectivity index (χ3n) is 11.9. The number of hydrogen-bond acceptors (Lipinski definition) is 15. The van der Waals surface area contributed by atoms with Gasteiger partial charge in [0.1, 0.15) is 47.0 Å². The van der Waals surface area contributed by atoms with Crippen LogP contribution in [-0.2, 0) is 44.4 Å². The smallest absolute Gasteiger partial charge is 0.482 e. The summed E-state index contributed by atoms with van der Waals surface area (Å²) in [5, 5.41) is 16.9. The van der Waals surface area contributed by atoms with Crippen LogP contribution in [-0.4, -0.2) is 109 Å². The van der Waals surface area contributed by atoms with Crippen molar-refractivity contribution < 1.29 is 57.1 Å². The summed E-state index contributed by atoms with van der Waals surface area (Å²) in [6.45, 7) is 22.7. The van der Waals surface area contributed by atoms with Crippen molar-refractivity contribution in [3.05, 3.63) is 40.4 Å². The number of ether oxygens (including phenoxy) is 4. The number of carbonyl (C=O) groups is 5. The summed E-state index contributed by atoms with van der Waals surface area (Å²) in [5.74, 6) is -1.62. The van der Waals surface area contributed by atoms with Crippen LogP contribution >= 0.6 is 11.3 Å². The molecule has 4 unspecified atom stereocenters. The standard InChI is InChI=1S/C46H69BN6O12S/c1-42(2,3)61-38(56)28-19-17-18-26(35(28)59-13)22-33(47-64-32-24-27-23-31(45(27,10)11)46(32,12)65-47)51-37(55)34(53-60-14)30-25-66-39(49-30)52-36(54)29(50-41(58)63-44(7,8)9)20-15-16-21-48-40(57)62-43(4,5)6/h17-19,25,27,29,31-33H,15-16,20-24H2,1-14H3,(H,48,57)(H,50,58)(H,51,55)(H,49,52,54)/b53-34-/t27?,29-,31?,32?,33-,46?/m0/s1. The van der Waals surface area contributed by atoms with Crippen LogP contribution in [0, 0.1) is 17.3 Å². The molecule has 0 radical (unpaired) electrons. The van der Waals surface area contributed by atoms with E-state index in [1.165, 1.54) is 14.2 Å². The zero-order valence-electron chi connectivity index (χ0n) is 40.9. The monoisotopic (exact) mass is 940 g/mol. The minimum atomic E-state index is -1.04.